The second-order valence-electron chi connectivity index (χ2n) is 4.13. The van der Waals surface area contributed by atoms with Crippen molar-refractivity contribution in [3.8, 4) is 0 Å². The van der Waals surface area contributed by atoms with Gasteiger partial charge in [-0.15, -0.1) is 12.4 Å². The number of guanidine groups is 1. The number of hydrogen-bond donors (Lipinski definition) is 3. The number of thiocarbonyl (C=S) groups is 1. The van der Waals surface area contributed by atoms with Crippen molar-refractivity contribution in [2.75, 3.05) is 6.54 Å². The Morgan fingerprint density at radius 2 is 1.90 bits per heavy atom. The molecule has 1 aromatic carbocycles. The van der Waals surface area contributed by atoms with E-state index in [-0.39, 0.29) is 23.4 Å². The highest BCUT2D eigenvalue weighted by molar-refractivity contribution is 7.80. The van der Waals surface area contributed by atoms with Gasteiger partial charge in [0.1, 0.15) is 6.04 Å². The molecule has 0 saturated carbocycles. The molecule has 1 atom stereocenters. The molecule has 0 heterocycles. The normalized spacial score (nSPS) is 10.9. The molecule has 0 aliphatic carbocycles. The fraction of sp³-hybridized carbons (Fsp3) is 0.308. The van der Waals surface area contributed by atoms with Gasteiger partial charge in [-0.1, -0.05) is 30.3 Å². The van der Waals surface area contributed by atoms with Crippen molar-refractivity contribution >= 4 is 41.6 Å². The molecule has 0 radical (unpaired) electrons. The van der Waals surface area contributed by atoms with Crippen LogP contribution >= 0.6 is 24.6 Å². The Morgan fingerprint density at radius 1 is 1.29 bits per heavy atom. The Kier molecular flexibility index (Phi) is 9.27. The average Bonchev–Trinajstić information content (AvgIpc) is 2.44. The summed E-state index contributed by atoms with van der Waals surface area (Å²) in [6, 6.07) is 8.25. The van der Waals surface area contributed by atoms with Crippen molar-refractivity contribution in [3.63, 3.8) is 0 Å². The van der Waals surface area contributed by atoms with Gasteiger partial charge in [0.05, 0.1) is 0 Å². The molecule has 0 aliphatic heterocycles. The van der Waals surface area contributed by atoms with Crippen LogP contribution in [0, 0.1) is 0 Å². The van der Waals surface area contributed by atoms with Crippen LogP contribution in [0.2, 0.25) is 0 Å². The van der Waals surface area contributed by atoms with E-state index in [9.17, 15) is 4.79 Å². The summed E-state index contributed by atoms with van der Waals surface area (Å²) in [4.78, 5) is 15.5. The third kappa shape index (κ3) is 7.60. The molecule has 1 aromatic rings. The monoisotopic (exact) mass is 330 g/mol. The van der Waals surface area contributed by atoms with Gasteiger partial charge in [-0.2, -0.15) is 0 Å². The number of nitrogens with two attached hydrogens (primary N) is 3. The molecule has 0 bridgehead atoms. The molecule has 21 heavy (non-hydrogen) atoms. The Bertz CT molecular complexity index is 492. The summed E-state index contributed by atoms with van der Waals surface area (Å²) >= 11 is 5.03. The van der Waals surface area contributed by atoms with Crippen LogP contribution < -0.4 is 17.2 Å². The SMILES string of the molecule is Cl.NC(N)=NCCCC(N)C(=O)OC(=S)c1ccccc1. The van der Waals surface area contributed by atoms with Crippen LogP contribution in [-0.2, 0) is 9.53 Å². The van der Waals surface area contributed by atoms with Crippen LogP contribution in [0.3, 0.4) is 0 Å². The molecule has 0 amide bonds. The van der Waals surface area contributed by atoms with Crippen molar-refractivity contribution in [3.05, 3.63) is 35.9 Å². The largest absolute Gasteiger partial charge is 0.413 e. The lowest BCUT2D eigenvalue weighted by Gasteiger charge is -2.11. The maximum absolute atomic E-state index is 11.7. The summed E-state index contributed by atoms with van der Waals surface area (Å²) in [6.45, 7) is 0.423. The fourth-order valence-corrected chi connectivity index (χ4v) is 1.66. The summed E-state index contributed by atoms with van der Waals surface area (Å²) in [6.07, 6.45) is 1.01. The van der Waals surface area contributed by atoms with E-state index in [0.717, 1.165) is 0 Å². The summed E-state index contributed by atoms with van der Waals surface area (Å²) in [5, 5.41) is 0.121. The second-order valence-corrected chi connectivity index (χ2v) is 4.50. The Labute approximate surface area is 135 Å². The average molecular weight is 331 g/mol. The number of carbonyl (C=O) groups excluding carboxylic acids is 1. The highest BCUT2D eigenvalue weighted by atomic mass is 35.5. The van der Waals surface area contributed by atoms with E-state index in [0.29, 0.717) is 24.9 Å². The molecule has 0 fully saturated rings. The minimum atomic E-state index is -0.745. The van der Waals surface area contributed by atoms with E-state index >= 15 is 0 Å². The lowest BCUT2D eigenvalue weighted by Crippen LogP contribution is -2.33. The zero-order chi connectivity index (χ0) is 15.0. The number of ether oxygens (including phenoxy) is 1. The molecule has 6 nitrogen and oxygen atoms in total. The van der Waals surface area contributed by atoms with Gasteiger partial charge in [0.25, 0.3) is 0 Å². The first-order valence-electron chi connectivity index (χ1n) is 6.12. The maximum Gasteiger partial charge on any atom is 0.329 e. The van der Waals surface area contributed by atoms with E-state index in [2.05, 4.69) is 4.99 Å². The minimum Gasteiger partial charge on any atom is -0.413 e. The third-order valence-corrected chi connectivity index (χ3v) is 2.79. The number of benzene rings is 1. The first-order valence-corrected chi connectivity index (χ1v) is 6.53. The van der Waals surface area contributed by atoms with Crippen molar-refractivity contribution in [2.45, 2.75) is 18.9 Å². The van der Waals surface area contributed by atoms with E-state index in [1.165, 1.54) is 0 Å². The summed E-state index contributed by atoms with van der Waals surface area (Å²) in [7, 11) is 0. The zero-order valence-corrected chi connectivity index (χ0v) is 13.0. The number of rotatable bonds is 6. The van der Waals surface area contributed by atoms with Crippen LogP contribution in [0.1, 0.15) is 18.4 Å². The zero-order valence-electron chi connectivity index (χ0n) is 11.4. The number of hydrogen-bond acceptors (Lipinski definition) is 5. The second kappa shape index (κ2) is 10.1. The van der Waals surface area contributed by atoms with E-state index in [1.807, 2.05) is 18.2 Å². The number of aliphatic imine (C=N–C) groups is 1. The molecule has 0 aliphatic rings. The lowest BCUT2D eigenvalue weighted by atomic mass is 10.1. The molecule has 1 rings (SSSR count). The summed E-state index contributed by atoms with van der Waals surface area (Å²) < 4.78 is 5.06. The Balaban J connectivity index is 0.00000400. The van der Waals surface area contributed by atoms with Gasteiger partial charge in [0.2, 0.25) is 5.05 Å². The molecule has 0 saturated heterocycles. The first kappa shape index (κ1) is 19.3. The summed E-state index contributed by atoms with van der Waals surface area (Å²) in [5.41, 5.74) is 16.8. The molecule has 116 valence electrons. The first-order chi connectivity index (χ1) is 9.50. The topological polar surface area (TPSA) is 117 Å². The van der Waals surface area contributed by atoms with Gasteiger partial charge < -0.3 is 21.9 Å². The molecule has 0 spiro atoms. The molecular formula is C13H19ClN4O2S. The smallest absolute Gasteiger partial charge is 0.329 e. The van der Waals surface area contributed by atoms with Crippen molar-refractivity contribution < 1.29 is 9.53 Å². The van der Waals surface area contributed by atoms with E-state index in [4.69, 9.17) is 34.2 Å². The number of nitrogens with zero attached hydrogens (tertiary/aromatic N) is 1. The quantitative estimate of drug-likeness (QED) is 0.232. The maximum atomic E-state index is 11.7. The standard InChI is InChI=1S/C13H18N4O2S.ClH/c14-10(7-4-8-17-13(15)16)11(18)19-12(20)9-5-2-1-3-6-9;/h1-3,5-6,10H,4,7-8,14H2,(H4,15,16,17);1H. The summed E-state index contributed by atoms with van der Waals surface area (Å²) in [5.74, 6) is -0.532. The van der Waals surface area contributed by atoms with Crippen molar-refractivity contribution in [1.29, 1.82) is 0 Å². The van der Waals surface area contributed by atoms with Crippen molar-refractivity contribution in [1.82, 2.24) is 0 Å². The number of carbonyl (C=O) groups is 1. The van der Waals surface area contributed by atoms with Gasteiger partial charge in [-0.25, -0.2) is 4.79 Å². The molecule has 0 aromatic heterocycles. The highest BCUT2D eigenvalue weighted by Gasteiger charge is 2.17. The van der Waals surface area contributed by atoms with Crippen LogP contribution in [0.5, 0.6) is 0 Å². The van der Waals surface area contributed by atoms with Crippen LogP contribution in [0.25, 0.3) is 0 Å². The van der Waals surface area contributed by atoms with Crippen LogP contribution in [0.4, 0.5) is 0 Å². The van der Waals surface area contributed by atoms with Gasteiger partial charge in [-0.3, -0.25) is 4.99 Å². The van der Waals surface area contributed by atoms with Crippen molar-refractivity contribution in [2.24, 2.45) is 22.2 Å². The van der Waals surface area contributed by atoms with Gasteiger partial charge in [0, 0.05) is 12.1 Å². The van der Waals surface area contributed by atoms with E-state index in [1.54, 1.807) is 12.1 Å². The highest BCUT2D eigenvalue weighted by Crippen LogP contribution is 2.05. The molecular weight excluding hydrogens is 312 g/mol. The van der Waals surface area contributed by atoms with Gasteiger partial charge in [-0.05, 0) is 25.1 Å². The van der Waals surface area contributed by atoms with Gasteiger partial charge in [0.15, 0.2) is 5.96 Å². The van der Waals surface area contributed by atoms with E-state index < -0.39 is 12.0 Å². The minimum absolute atomic E-state index is 0. The number of halogens is 1. The van der Waals surface area contributed by atoms with Crippen LogP contribution in [0.15, 0.2) is 35.3 Å². The molecule has 6 N–H and O–H groups in total. The van der Waals surface area contributed by atoms with Crippen LogP contribution in [-0.4, -0.2) is 29.6 Å². The fourth-order valence-electron chi connectivity index (χ4n) is 1.44. The molecule has 1 unspecified atom stereocenters. The predicted octanol–water partition coefficient (Wildman–Crippen LogP) is 0.708. The lowest BCUT2D eigenvalue weighted by molar-refractivity contribution is -0.136. The number of esters is 1. The Hall–Kier alpha value is -1.70. The van der Waals surface area contributed by atoms with Gasteiger partial charge >= 0.3 is 5.97 Å². The molecule has 8 heteroatoms. The predicted molar refractivity (Wildman–Crippen MR) is 89.4 cm³/mol. The third-order valence-electron chi connectivity index (χ3n) is 2.47. The Morgan fingerprint density at radius 3 is 2.48 bits per heavy atom.